The van der Waals surface area contributed by atoms with Crippen LogP contribution in [-0.2, 0) is 13.1 Å². The van der Waals surface area contributed by atoms with Gasteiger partial charge in [0, 0.05) is 37.3 Å². The normalized spacial score (nSPS) is 22.0. The van der Waals surface area contributed by atoms with Gasteiger partial charge in [0.05, 0.1) is 5.41 Å². The molecular formula is C25H30N2O2. The van der Waals surface area contributed by atoms with Crippen molar-refractivity contribution in [2.45, 2.75) is 39.4 Å². The molecule has 2 atom stereocenters. The topological polar surface area (TPSA) is 24.9 Å². The van der Waals surface area contributed by atoms with E-state index in [2.05, 4.69) is 73.2 Å². The maximum Gasteiger partial charge on any atom is 0.163 e. The van der Waals surface area contributed by atoms with E-state index in [1.807, 2.05) is 24.3 Å². The maximum absolute atomic E-state index is 6.58. The first-order valence-corrected chi connectivity index (χ1v) is 10.2. The van der Waals surface area contributed by atoms with E-state index in [9.17, 15) is 0 Å². The highest BCUT2D eigenvalue weighted by molar-refractivity contribution is 5.37. The molecule has 2 aromatic carbocycles. The van der Waals surface area contributed by atoms with Crippen molar-refractivity contribution in [1.29, 1.82) is 0 Å². The van der Waals surface area contributed by atoms with E-state index in [4.69, 9.17) is 9.47 Å². The van der Waals surface area contributed by atoms with Crippen molar-refractivity contribution in [3.05, 3.63) is 85.0 Å². The second kappa shape index (κ2) is 8.05. The molecule has 4 heteroatoms. The monoisotopic (exact) mass is 390 g/mol. The summed E-state index contributed by atoms with van der Waals surface area (Å²) in [5.41, 5.74) is 2.10. The molecular weight excluding hydrogens is 360 g/mol. The molecule has 0 fully saturated rings. The minimum absolute atomic E-state index is 0.141. The van der Waals surface area contributed by atoms with Gasteiger partial charge in [-0.1, -0.05) is 48.6 Å². The van der Waals surface area contributed by atoms with Gasteiger partial charge in [0.2, 0.25) is 0 Å². The minimum atomic E-state index is -0.312. The Kier molecular flexibility index (Phi) is 5.48. The van der Waals surface area contributed by atoms with Gasteiger partial charge < -0.3 is 9.47 Å². The van der Waals surface area contributed by atoms with Crippen molar-refractivity contribution in [2.75, 3.05) is 13.1 Å². The van der Waals surface area contributed by atoms with Crippen molar-refractivity contribution in [2.24, 2.45) is 5.41 Å². The van der Waals surface area contributed by atoms with E-state index in [-0.39, 0.29) is 17.9 Å². The summed E-state index contributed by atoms with van der Waals surface area (Å²) in [6.07, 6.45) is 3.61. The fourth-order valence-electron chi connectivity index (χ4n) is 4.51. The second-order valence-corrected chi connectivity index (χ2v) is 8.41. The van der Waals surface area contributed by atoms with Crippen LogP contribution in [0.25, 0.3) is 0 Å². The van der Waals surface area contributed by atoms with Crippen LogP contribution in [0.15, 0.2) is 73.8 Å². The van der Waals surface area contributed by atoms with Crippen LogP contribution in [0.2, 0.25) is 0 Å². The SMILES string of the molecule is C=CCN1Cc2ccccc2OC1C(C)(C)C1Oc2ccccc2CN1CC=C. The lowest BCUT2D eigenvalue weighted by Gasteiger charge is -2.51. The van der Waals surface area contributed by atoms with E-state index in [1.54, 1.807) is 0 Å². The molecule has 0 spiro atoms. The maximum atomic E-state index is 6.58. The molecule has 0 aromatic heterocycles. The molecule has 2 aliphatic rings. The number of nitrogens with zero attached hydrogens (tertiary/aromatic N) is 2. The Bertz CT molecular complexity index is 820. The molecule has 0 N–H and O–H groups in total. The van der Waals surface area contributed by atoms with E-state index >= 15 is 0 Å². The summed E-state index contributed by atoms with van der Waals surface area (Å²) >= 11 is 0. The Morgan fingerprint density at radius 1 is 0.828 bits per heavy atom. The first-order valence-electron chi connectivity index (χ1n) is 10.2. The fraction of sp³-hybridized carbons (Fsp3) is 0.360. The molecule has 2 unspecified atom stereocenters. The smallest absolute Gasteiger partial charge is 0.163 e. The Morgan fingerprint density at radius 2 is 1.24 bits per heavy atom. The molecule has 2 heterocycles. The number of fused-ring (bicyclic) bond motifs is 2. The molecule has 2 aromatic rings. The predicted octanol–water partition coefficient (Wildman–Crippen LogP) is 4.83. The fourth-order valence-corrected chi connectivity index (χ4v) is 4.51. The summed E-state index contributed by atoms with van der Waals surface area (Å²) in [4.78, 5) is 4.68. The van der Waals surface area contributed by atoms with E-state index < -0.39 is 0 Å². The van der Waals surface area contributed by atoms with Crippen molar-refractivity contribution >= 4 is 0 Å². The lowest BCUT2D eigenvalue weighted by atomic mass is 9.84. The van der Waals surface area contributed by atoms with Gasteiger partial charge in [-0.25, -0.2) is 0 Å². The highest BCUT2D eigenvalue weighted by Crippen LogP contribution is 2.42. The van der Waals surface area contributed by atoms with Crippen molar-refractivity contribution in [3.63, 3.8) is 0 Å². The van der Waals surface area contributed by atoms with Gasteiger partial charge in [-0.2, -0.15) is 0 Å². The Morgan fingerprint density at radius 3 is 1.66 bits per heavy atom. The highest BCUT2D eigenvalue weighted by atomic mass is 16.5. The van der Waals surface area contributed by atoms with Crippen LogP contribution in [0.3, 0.4) is 0 Å². The first-order chi connectivity index (χ1) is 14.0. The molecule has 2 aliphatic heterocycles. The van der Waals surface area contributed by atoms with Crippen LogP contribution in [0.5, 0.6) is 11.5 Å². The lowest BCUT2D eigenvalue weighted by Crippen LogP contribution is -2.62. The molecule has 0 radical (unpaired) electrons. The van der Waals surface area contributed by atoms with Crippen LogP contribution >= 0.6 is 0 Å². The van der Waals surface area contributed by atoms with Gasteiger partial charge in [0.1, 0.15) is 11.5 Å². The molecule has 0 aliphatic carbocycles. The van der Waals surface area contributed by atoms with Gasteiger partial charge in [0.15, 0.2) is 12.5 Å². The number of hydrogen-bond donors (Lipinski definition) is 0. The van der Waals surface area contributed by atoms with Gasteiger partial charge in [0.25, 0.3) is 0 Å². The lowest BCUT2D eigenvalue weighted by molar-refractivity contribution is -0.164. The third-order valence-corrected chi connectivity index (χ3v) is 5.83. The number of para-hydroxylation sites is 2. The summed E-state index contributed by atoms with van der Waals surface area (Å²) in [7, 11) is 0. The summed E-state index contributed by atoms with van der Waals surface area (Å²) in [6, 6.07) is 16.6. The van der Waals surface area contributed by atoms with E-state index in [0.717, 1.165) is 37.7 Å². The summed E-state index contributed by atoms with van der Waals surface area (Å²) < 4.78 is 13.2. The number of hydrogen-bond acceptors (Lipinski definition) is 4. The number of rotatable bonds is 6. The molecule has 0 saturated carbocycles. The van der Waals surface area contributed by atoms with E-state index in [0.29, 0.717) is 0 Å². The third-order valence-electron chi connectivity index (χ3n) is 5.83. The van der Waals surface area contributed by atoms with Crippen LogP contribution in [0.4, 0.5) is 0 Å². The quantitative estimate of drug-likeness (QED) is 0.660. The molecule has 29 heavy (non-hydrogen) atoms. The summed E-state index contributed by atoms with van der Waals surface area (Å²) in [6.45, 7) is 15.6. The number of benzene rings is 2. The van der Waals surface area contributed by atoms with Gasteiger partial charge in [-0.3, -0.25) is 9.80 Å². The Balaban J connectivity index is 1.69. The van der Waals surface area contributed by atoms with Crippen LogP contribution < -0.4 is 9.47 Å². The zero-order chi connectivity index (χ0) is 20.4. The third kappa shape index (κ3) is 3.70. The highest BCUT2D eigenvalue weighted by Gasteiger charge is 2.49. The van der Waals surface area contributed by atoms with Gasteiger partial charge in [-0.05, 0) is 26.0 Å². The van der Waals surface area contributed by atoms with Crippen LogP contribution in [0.1, 0.15) is 25.0 Å². The largest absolute Gasteiger partial charge is 0.474 e. The average molecular weight is 391 g/mol. The molecule has 4 rings (SSSR count). The predicted molar refractivity (Wildman–Crippen MR) is 117 cm³/mol. The standard InChI is InChI=1S/C25H30N2O2/c1-5-15-26-17-19-11-7-9-13-21(19)28-23(26)25(3,4)24-27(16-6-2)18-20-12-8-10-14-22(20)29-24/h5-14,23-24H,1-2,15-18H2,3-4H3. The molecule has 0 bridgehead atoms. The van der Waals surface area contributed by atoms with Gasteiger partial charge >= 0.3 is 0 Å². The zero-order valence-corrected chi connectivity index (χ0v) is 17.4. The zero-order valence-electron chi connectivity index (χ0n) is 17.4. The van der Waals surface area contributed by atoms with Crippen LogP contribution in [-0.4, -0.2) is 35.3 Å². The molecule has 152 valence electrons. The van der Waals surface area contributed by atoms with Gasteiger partial charge in [-0.15, -0.1) is 13.2 Å². The van der Waals surface area contributed by atoms with Crippen LogP contribution in [0, 0.1) is 5.41 Å². The second-order valence-electron chi connectivity index (χ2n) is 8.41. The first kappa shape index (κ1) is 19.7. The van der Waals surface area contributed by atoms with Crippen molar-refractivity contribution < 1.29 is 9.47 Å². The molecule has 0 saturated heterocycles. The molecule has 0 amide bonds. The van der Waals surface area contributed by atoms with E-state index in [1.165, 1.54) is 11.1 Å². The average Bonchev–Trinajstić information content (AvgIpc) is 2.73. The minimum Gasteiger partial charge on any atom is -0.474 e. The number of ether oxygens (including phenoxy) is 2. The summed E-state index contributed by atoms with van der Waals surface area (Å²) in [5.74, 6) is 1.91. The Labute approximate surface area is 174 Å². The van der Waals surface area contributed by atoms with Crippen molar-refractivity contribution in [3.8, 4) is 11.5 Å². The summed E-state index contributed by atoms with van der Waals surface area (Å²) in [5, 5.41) is 0. The molecule has 4 nitrogen and oxygen atoms in total. The van der Waals surface area contributed by atoms with Crippen molar-refractivity contribution in [1.82, 2.24) is 9.80 Å². The Hall–Kier alpha value is -2.56.